The summed E-state index contributed by atoms with van der Waals surface area (Å²) in [6.07, 6.45) is 2.32. The highest BCUT2D eigenvalue weighted by Gasteiger charge is 2.39. The van der Waals surface area contributed by atoms with E-state index in [-0.39, 0.29) is 35.8 Å². The molecule has 41 heavy (non-hydrogen) atoms. The largest absolute Gasteiger partial charge is 0.461 e. The summed E-state index contributed by atoms with van der Waals surface area (Å²) in [7, 11) is -0.497. The van der Waals surface area contributed by atoms with Gasteiger partial charge in [-0.1, -0.05) is 51.6 Å². The van der Waals surface area contributed by atoms with Gasteiger partial charge in [0.05, 0.1) is 23.5 Å². The van der Waals surface area contributed by atoms with Crippen molar-refractivity contribution in [3.8, 4) is 0 Å². The first-order chi connectivity index (χ1) is 19.2. The Bertz CT molecular complexity index is 1380. The summed E-state index contributed by atoms with van der Waals surface area (Å²) in [4.78, 5) is 39.1. The van der Waals surface area contributed by atoms with Crippen LogP contribution in [-0.4, -0.2) is 56.3 Å². The number of nitro groups is 1. The third kappa shape index (κ3) is 8.12. The topological polar surface area (TPSA) is 99.0 Å². The molecular weight excluding hydrogens is 557 g/mol. The number of hydrogen-bond donors (Lipinski definition) is 0. The summed E-state index contributed by atoms with van der Waals surface area (Å²) in [5.41, 5.74) is 1.29. The maximum atomic E-state index is 13.6. The first-order valence-corrected chi connectivity index (χ1v) is 17.4. The number of fused-ring (bicyclic) bond motifs is 1. The fourth-order valence-electron chi connectivity index (χ4n) is 4.26. The molecule has 1 amide bonds. The maximum absolute atomic E-state index is 13.6. The lowest BCUT2D eigenvalue weighted by molar-refractivity contribution is -0.384. The summed E-state index contributed by atoms with van der Waals surface area (Å²) >= 11 is 1.63. The number of ether oxygens (including phenoxy) is 1. The van der Waals surface area contributed by atoms with E-state index in [1.54, 1.807) is 23.3 Å². The summed E-state index contributed by atoms with van der Waals surface area (Å²) in [5.74, 6) is -1.19. The van der Waals surface area contributed by atoms with E-state index in [0.717, 1.165) is 15.6 Å². The van der Waals surface area contributed by atoms with E-state index in [4.69, 9.17) is 9.16 Å². The molecule has 0 fully saturated rings. The molecule has 2 atom stereocenters. The van der Waals surface area contributed by atoms with Crippen LogP contribution in [0, 0.1) is 16.0 Å². The molecule has 3 rings (SSSR count). The van der Waals surface area contributed by atoms with Crippen molar-refractivity contribution in [3.63, 3.8) is 0 Å². The number of amides is 1. The van der Waals surface area contributed by atoms with Crippen LogP contribution in [0.2, 0.25) is 18.1 Å². The molecule has 0 bridgehead atoms. The average Bonchev–Trinajstić information content (AvgIpc) is 3.34. The molecule has 10 heteroatoms. The van der Waals surface area contributed by atoms with Crippen LogP contribution in [0.15, 0.2) is 66.6 Å². The van der Waals surface area contributed by atoms with Crippen LogP contribution in [0.25, 0.3) is 10.1 Å². The second kappa shape index (κ2) is 13.5. The molecule has 1 aromatic heterocycles. The third-order valence-electron chi connectivity index (χ3n) is 7.90. The molecule has 0 N–H and O–H groups in total. The number of hydrogen-bond acceptors (Lipinski definition) is 7. The van der Waals surface area contributed by atoms with Crippen LogP contribution in [0.5, 0.6) is 0 Å². The minimum Gasteiger partial charge on any atom is -0.461 e. The minimum atomic E-state index is -2.19. The number of carbonyl (C=O) groups excluding carboxylic acids is 2. The SMILES string of the molecule is C=CCOC(=O)C(Cc1csc2ccccc12)CC(CO[Si](C)(C)C(C)(C)C)N(C)C(=O)c1ccc([N+](=O)[O-])cc1. The van der Waals surface area contributed by atoms with Gasteiger partial charge in [-0.05, 0) is 65.5 Å². The number of carbonyl (C=O) groups is 2. The standard InChI is InChI=1S/C31H40N2O6SSi/c1-8-17-38-30(35)23(18-24-21-40-28-12-10-9-11-27(24)28)19-26(20-39-41(6,7)31(2,3)4)32(5)29(34)22-13-15-25(16-14-22)33(36)37/h8-16,21,23,26H,1,17-20H2,2-7H3. The van der Waals surface area contributed by atoms with Crippen molar-refractivity contribution in [2.24, 2.45) is 5.92 Å². The van der Waals surface area contributed by atoms with E-state index in [1.807, 2.05) is 12.1 Å². The van der Waals surface area contributed by atoms with Crippen molar-refractivity contribution < 1.29 is 23.7 Å². The molecule has 0 radical (unpaired) electrons. The molecule has 0 aliphatic rings. The van der Waals surface area contributed by atoms with Crippen molar-refractivity contribution in [1.82, 2.24) is 4.90 Å². The zero-order valence-electron chi connectivity index (χ0n) is 24.7. The van der Waals surface area contributed by atoms with Gasteiger partial charge in [-0.15, -0.1) is 11.3 Å². The monoisotopic (exact) mass is 596 g/mol. The smallest absolute Gasteiger partial charge is 0.309 e. The van der Waals surface area contributed by atoms with Crippen molar-refractivity contribution >= 4 is 47.3 Å². The molecule has 0 saturated carbocycles. The van der Waals surface area contributed by atoms with Crippen LogP contribution in [-0.2, 0) is 20.4 Å². The summed E-state index contributed by atoms with van der Waals surface area (Å²) < 4.78 is 13.2. The van der Waals surface area contributed by atoms with Crippen LogP contribution in [0.4, 0.5) is 5.69 Å². The lowest BCUT2D eigenvalue weighted by Gasteiger charge is -2.39. The van der Waals surface area contributed by atoms with Gasteiger partial charge in [0.15, 0.2) is 8.32 Å². The van der Waals surface area contributed by atoms with Gasteiger partial charge in [0.2, 0.25) is 0 Å². The fraction of sp³-hybridized carbons (Fsp3) is 0.419. The number of thiophene rings is 1. The summed E-state index contributed by atoms with van der Waals surface area (Å²) in [6, 6.07) is 13.2. The Morgan fingerprint density at radius 1 is 1.15 bits per heavy atom. The van der Waals surface area contributed by atoms with Crippen molar-refractivity contribution in [3.05, 3.63) is 87.8 Å². The number of esters is 1. The van der Waals surface area contributed by atoms with Gasteiger partial charge >= 0.3 is 5.97 Å². The predicted molar refractivity (Wildman–Crippen MR) is 167 cm³/mol. The van der Waals surface area contributed by atoms with Gasteiger partial charge in [0.25, 0.3) is 11.6 Å². The van der Waals surface area contributed by atoms with Crippen LogP contribution >= 0.6 is 11.3 Å². The first-order valence-electron chi connectivity index (χ1n) is 13.6. The lowest BCUT2D eigenvalue weighted by atomic mass is 9.92. The van der Waals surface area contributed by atoms with E-state index in [2.05, 4.69) is 58.0 Å². The average molecular weight is 597 g/mol. The highest BCUT2D eigenvalue weighted by Crippen LogP contribution is 2.37. The van der Waals surface area contributed by atoms with E-state index in [9.17, 15) is 19.7 Å². The Labute approximate surface area is 247 Å². The number of nitrogens with zero attached hydrogens (tertiary/aromatic N) is 2. The van der Waals surface area contributed by atoms with E-state index < -0.39 is 25.2 Å². The molecule has 0 aliphatic carbocycles. The quantitative estimate of drug-likeness (QED) is 0.0678. The zero-order chi connectivity index (χ0) is 30.4. The molecule has 3 aromatic rings. The van der Waals surface area contributed by atoms with Crippen molar-refractivity contribution in [2.45, 2.75) is 57.8 Å². The molecule has 1 heterocycles. The lowest BCUT2D eigenvalue weighted by Crippen LogP contribution is -2.48. The van der Waals surface area contributed by atoms with Crippen LogP contribution in [0.3, 0.4) is 0 Å². The minimum absolute atomic E-state index is 0.0453. The summed E-state index contributed by atoms with van der Waals surface area (Å²) in [5, 5.41) is 14.2. The van der Waals surface area contributed by atoms with Gasteiger partial charge in [0.1, 0.15) is 6.61 Å². The number of likely N-dealkylation sites (N-methyl/N-ethyl adjacent to an activating group) is 1. The molecule has 220 valence electrons. The Balaban J connectivity index is 1.94. The van der Waals surface area contributed by atoms with E-state index in [1.165, 1.54) is 30.3 Å². The fourth-order valence-corrected chi connectivity index (χ4v) is 6.28. The Morgan fingerprint density at radius 2 is 1.80 bits per heavy atom. The second-order valence-corrected chi connectivity index (χ2v) is 17.5. The highest BCUT2D eigenvalue weighted by molar-refractivity contribution is 7.17. The molecule has 2 aromatic carbocycles. The zero-order valence-corrected chi connectivity index (χ0v) is 26.5. The Morgan fingerprint density at radius 3 is 2.41 bits per heavy atom. The number of rotatable bonds is 13. The molecular formula is C31H40N2O6SSi. The summed E-state index contributed by atoms with van der Waals surface area (Å²) in [6.45, 7) is 14.8. The molecule has 2 unspecified atom stereocenters. The van der Waals surface area contributed by atoms with Crippen molar-refractivity contribution in [2.75, 3.05) is 20.3 Å². The molecule has 8 nitrogen and oxygen atoms in total. The van der Waals surface area contributed by atoms with E-state index >= 15 is 0 Å². The van der Waals surface area contributed by atoms with Gasteiger partial charge in [-0.3, -0.25) is 19.7 Å². The molecule has 0 spiro atoms. The van der Waals surface area contributed by atoms with Crippen LogP contribution in [0.1, 0.15) is 43.1 Å². The Kier molecular flexibility index (Phi) is 10.6. The molecule has 0 aliphatic heterocycles. The first kappa shape index (κ1) is 32.2. The van der Waals surface area contributed by atoms with E-state index in [0.29, 0.717) is 18.4 Å². The van der Waals surface area contributed by atoms with Gasteiger partial charge in [-0.2, -0.15) is 0 Å². The van der Waals surface area contributed by atoms with Gasteiger partial charge in [0, 0.05) is 29.4 Å². The number of benzene rings is 2. The number of nitro benzene ring substituents is 1. The van der Waals surface area contributed by atoms with Gasteiger partial charge in [-0.25, -0.2) is 0 Å². The Hall–Kier alpha value is -3.34. The third-order valence-corrected chi connectivity index (χ3v) is 13.4. The van der Waals surface area contributed by atoms with Gasteiger partial charge < -0.3 is 14.1 Å². The second-order valence-electron chi connectivity index (χ2n) is 11.8. The highest BCUT2D eigenvalue weighted by atomic mass is 32.1. The maximum Gasteiger partial charge on any atom is 0.309 e. The normalized spacial score (nSPS) is 13.4. The molecule has 0 saturated heterocycles. The van der Waals surface area contributed by atoms with Crippen LogP contribution < -0.4 is 0 Å². The predicted octanol–water partition coefficient (Wildman–Crippen LogP) is 7.25. The van der Waals surface area contributed by atoms with Crippen molar-refractivity contribution in [1.29, 1.82) is 0 Å². The number of non-ortho nitro benzene ring substituents is 1.